The predicted molar refractivity (Wildman–Crippen MR) is 255 cm³/mol. The number of anilines is 2. The molecule has 1 atom stereocenters. The average molecular weight is 758 g/mol. The quantitative estimate of drug-likeness (QED) is 0.152. The lowest BCUT2D eigenvalue weighted by atomic mass is 9.55. The van der Waals surface area contributed by atoms with E-state index in [9.17, 15) is 0 Å². The zero-order valence-electron chi connectivity index (χ0n) is 36.5. The van der Waals surface area contributed by atoms with Crippen molar-refractivity contribution < 1.29 is 0 Å². The van der Waals surface area contributed by atoms with E-state index in [1.54, 1.807) is 5.56 Å². The van der Waals surface area contributed by atoms with Gasteiger partial charge in [-0.2, -0.15) is 0 Å². The SMILES string of the molecule is Cc1cc(-c2c(C)cccc2C)cc(-c2cc3ccccc3cc2Nc2ccc(-c3ccccc3)cc2)c1Bc1cc(C(C)(C)C)cc(C2(C)CCCC2(C)C)c1C. The Hall–Kier alpha value is -5.34. The first-order chi connectivity index (χ1) is 27.6. The van der Waals surface area contributed by atoms with Crippen molar-refractivity contribution in [1.82, 2.24) is 0 Å². The number of benzene rings is 7. The van der Waals surface area contributed by atoms with Crippen LogP contribution >= 0.6 is 0 Å². The summed E-state index contributed by atoms with van der Waals surface area (Å²) in [4.78, 5) is 0. The van der Waals surface area contributed by atoms with Crippen LogP contribution in [0.3, 0.4) is 0 Å². The van der Waals surface area contributed by atoms with E-state index >= 15 is 0 Å². The Morgan fingerprint density at radius 2 is 1.21 bits per heavy atom. The van der Waals surface area contributed by atoms with Crippen LogP contribution in [0, 0.1) is 33.1 Å². The van der Waals surface area contributed by atoms with Gasteiger partial charge in [-0.25, -0.2) is 0 Å². The zero-order valence-corrected chi connectivity index (χ0v) is 36.5. The van der Waals surface area contributed by atoms with Crippen molar-refractivity contribution in [2.24, 2.45) is 5.41 Å². The maximum absolute atomic E-state index is 3.93. The van der Waals surface area contributed by atoms with Gasteiger partial charge in [0.2, 0.25) is 0 Å². The molecule has 1 aliphatic carbocycles. The van der Waals surface area contributed by atoms with Gasteiger partial charge in [0.15, 0.2) is 7.28 Å². The Labute approximate surface area is 349 Å². The third-order valence-electron chi connectivity index (χ3n) is 14.0. The molecule has 58 heavy (non-hydrogen) atoms. The van der Waals surface area contributed by atoms with Crippen molar-refractivity contribution in [3.05, 3.63) is 167 Å². The summed E-state index contributed by atoms with van der Waals surface area (Å²) in [6.45, 7) is 23.9. The molecule has 0 radical (unpaired) electrons. The van der Waals surface area contributed by atoms with Crippen LogP contribution in [0.4, 0.5) is 11.4 Å². The molecule has 292 valence electrons. The van der Waals surface area contributed by atoms with E-state index in [0.717, 1.165) is 18.7 Å². The first-order valence-electron chi connectivity index (χ1n) is 21.4. The second kappa shape index (κ2) is 15.1. The molecule has 1 aliphatic rings. The molecular weight excluding hydrogens is 697 g/mol. The summed E-state index contributed by atoms with van der Waals surface area (Å²) in [7, 11) is 0.867. The second-order valence-electron chi connectivity index (χ2n) is 19.2. The van der Waals surface area contributed by atoms with Gasteiger partial charge in [0, 0.05) is 16.9 Å². The highest BCUT2D eigenvalue weighted by atomic mass is 14.9. The van der Waals surface area contributed by atoms with Gasteiger partial charge in [-0.15, -0.1) is 0 Å². The Morgan fingerprint density at radius 1 is 0.569 bits per heavy atom. The maximum atomic E-state index is 3.93. The fourth-order valence-corrected chi connectivity index (χ4v) is 9.96. The molecule has 1 nitrogen and oxygen atoms in total. The van der Waals surface area contributed by atoms with E-state index in [0.29, 0.717) is 0 Å². The molecule has 0 aromatic heterocycles. The molecule has 0 saturated heterocycles. The maximum Gasteiger partial charge on any atom is 0.193 e. The molecule has 0 heterocycles. The van der Waals surface area contributed by atoms with E-state index in [2.05, 4.69) is 208 Å². The molecule has 0 amide bonds. The first kappa shape index (κ1) is 39.5. The van der Waals surface area contributed by atoms with Gasteiger partial charge in [0.1, 0.15) is 0 Å². The molecule has 1 N–H and O–H groups in total. The fraction of sp³-hybridized carbons (Fsp3) is 0.286. The Kier molecular flexibility index (Phi) is 10.3. The van der Waals surface area contributed by atoms with Crippen LogP contribution in [0.5, 0.6) is 0 Å². The smallest absolute Gasteiger partial charge is 0.193 e. The van der Waals surface area contributed by atoms with Crippen molar-refractivity contribution in [3.63, 3.8) is 0 Å². The van der Waals surface area contributed by atoms with E-state index in [1.165, 1.54) is 102 Å². The van der Waals surface area contributed by atoms with Crippen LogP contribution in [0.2, 0.25) is 0 Å². The minimum absolute atomic E-state index is 0.0336. The van der Waals surface area contributed by atoms with Crippen molar-refractivity contribution >= 4 is 40.4 Å². The standard InChI is InChI=1S/C56H60BN/c1-36-18-16-19-37(2)52(36)44-30-38(3)53(57-50-35-45(54(5,6)7)34-49(39(50)4)56(10)29-17-28-55(56,8)9)48(32-44)47-31-42-22-14-15-23-43(42)33-51(47)58-46-26-24-41(25-27-46)40-20-12-11-13-21-40/h11-16,18-27,30-35,57-58H,17,28-29H2,1-10H3. The number of hydrogen-bond acceptors (Lipinski definition) is 1. The highest BCUT2D eigenvalue weighted by molar-refractivity contribution is 6.69. The lowest BCUT2D eigenvalue weighted by molar-refractivity contribution is 0.224. The van der Waals surface area contributed by atoms with E-state index < -0.39 is 0 Å². The van der Waals surface area contributed by atoms with Crippen LogP contribution in [-0.4, -0.2) is 7.28 Å². The normalized spacial score (nSPS) is 16.4. The lowest BCUT2D eigenvalue weighted by Gasteiger charge is -2.41. The third-order valence-corrected chi connectivity index (χ3v) is 14.0. The predicted octanol–water partition coefficient (Wildman–Crippen LogP) is 14.0. The lowest BCUT2D eigenvalue weighted by Crippen LogP contribution is -2.39. The van der Waals surface area contributed by atoms with E-state index in [1.807, 2.05) is 0 Å². The molecule has 0 spiro atoms. The summed E-state index contributed by atoms with van der Waals surface area (Å²) >= 11 is 0. The molecule has 0 aliphatic heterocycles. The van der Waals surface area contributed by atoms with Crippen LogP contribution < -0.4 is 16.2 Å². The van der Waals surface area contributed by atoms with Gasteiger partial charge in [0.05, 0.1) is 0 Å². The first-order valence-corrected chi connectivity index (χ1v) is 21.4. The summed E-state index contributed by atoms with van der Waals surface area (Å²) in [6.07, 6.45) is 3.79. The molecule has 8 rings (SSSR count). The third kappa shape index (κ3) is 7.32. The van der Waals surface area contributed by atoms with Crippen LogP contribution in [-0.2, 0) is 10.8 Å². The summed E-state index contributed by atoms with van der Waals surface area (Å²) in [5, 5.41) is 6.41. The van der Waals surface area contributed by atoms with Gasteiger partial charge in [-0.3, -0.25) is 0 Å². The minimum atomic E-state index is 0.0336. The summed E-state index contributed by atoms with van der Waals surface area (Å²) in [5.41, 5.74) is 21.4. The van der Waals surface area contributed by atoms with Crippen LogP contribution in [0.25, 0.3) is 44.2 Å². The van der Waals surface area contributed by atoms with E-state index in [-0.39, 0.29) is 16.2 Å². The molecule has 0 bridgehead atoms. The Bertz CT molecular complexity index is 2620. The summed E-state index contributed by atoms with van der Waals surface area (Å²) < 4.78 is 0. The van der Waals surface area contributed by atoms with Crippen LogP contribution in [0.1, 0.15) is 94.2 Å². The summed E-state index contributed by atoms with van der Waals surface area (Å²) in [6, 6.07) is 49.8. The van der Waals surface area contributed by atoms with Crippen LogP contribution in [0.15, 0.2) is 133 Å². The highest BCUT2D eigenvalue weighted by Gasteiger charge is 2.47. The number of fused-ring (bicyclic) bond motifs is 1. The number of hydrogen-bond donors (Lipinski definition) is 1. The number of nitrogens with one attached hydrogen (secondary N) is 1. The monoisotopic (exact) mass is 757 g/mol. The van der Waals surface area contributed by atoms with Crippen molar-refractivity contribution in [3.8, 4) is 33.4 Å². The highest BCUT2D eigenvalue weighted by Crippen LogP contribution is 2.54. The van der Waals surface area contributed by atoms with Gasteiger partial charge in [-0.05, 0) is 148 Å². The van der Waals surface area contributed by atoms with E-state index in [4.69, 9.17) is 0 Å². The van der Waals surface area contributed by atoms with Crippen molar-refractivity contribution in [2.45, 2.75) is 99.3 Å². The van der Waals surface area contributed by atoms with Gasteiger partial charge < -0.3 is 5.32 Å². The Balaban J connectivity index is 1.35. The molecule has 1 saturated carbocycles. The fourth-order valence-electron chi connectivity index (χ4n) is 9.96. The van der Waals surface area contributed by atoms with Gasteiger partial charge in [0.25, 0.3) is 0 Å². The molecular formula is C56H60BN. The Morgan fingerprint density at radius 3 is 1.84 bits per heavy atom. The largest absolute Gasteiger partial charge is 0.355 e. The zero-order chi connectivity index (χ0) is 41.0. The average Bonchev–Trinajstić information content (AvgIpc) is 3.47. The van der Waals surface area contributed by atoms with Crippen molar-refractivity contribution in [1.29, 1.82) is 0 Å². The minimum Gasteiger partial charge on any atom is -0.355 e. The van der Waals surface area contributed by atoms with Gasteiger partial charge in [-0.1, -0.05) is 173 Å². The number of aryl methyl sites for hydroxylation is 3. The second-order valence-corrected chi connectivity index (χ2v) is 19.2. The molecule has 1 unspecified atom stereocenters. The molecule has 7 aromatic carbocycles. The van der Waals surface area contributed by atoms with Gasteiger partial charge >= 0.3 is 0 Å². The molecule has 2 heteroatoms. The molecule has 1 fully saturated rings. The molecule has 7 aromatic rings. The number of rotatable bonds is 8. The van der Waals surface area contributed by atoms with Crippen molar-refractivity contribution in [2.75, 3.05) is 5.32 Å². The summed E-state index contributed by atoms with van der Waals surface area (Å²) in [5.74, 6) is 0. The topological polar surface area (TPSA) is 12.0 Å².